The Morgan fingerprint density at radius 1 is 0.212 bits per heavy atom. The maximum absolute atomic E-state index is 2.44. The van der Waals surface area contributed by atoms with Crippen molar-refractivity contribution in [1.29, 1.82) is 0 Å². The van der Waals surface area contributed by atoms with E-state index in [4.69, 9.17) is 0 Å². The summed E-state index contributed by atoms with van der Waals surface area (Å²) in [5.74, 6) is 0. The van der Waals surface area contributed by atoms with Gasteiger partial charge in [-0.15, -0.1) is 0 Å². The van der Waals surface area contributed by atoms with Crippen LogP contribution >= 0.6 is 0 Å². The number of hydrogen-bond donors (Lipinski definition) is 0. The van der Waals surface area contributed by atoms with E-state index in [0.29, 0.717) is 0 Å². The molecule has 10 aromatic carbocycles. The minimum atomic E-state index is 1.12. The van der Waals surface area contributed by atoms with Gasteiger partial charge in [-0.3, -0.25) is 0 Å². The minimum Gasteiger partial charge on any atom is -0.310 e. The molecule has 0 aliphatic carbocycles. The van der Waals surface area contributed by atoms with Crippen molar-refractivity contribution in [2.24, 2.45) is 0 Å². The summed E-state index contributed by atoms with van der Waals surface area (Å²) >= 11 is 0. The summed E-state index contributed by atoms with van der Waals surface area (Å²) in [6, 6.07) is 87.9. The van der Waals surface area contributed by atoms with Gasteiger partial charge in [0.05, 0.1) is 11.4 Å². The molecule has 0 saturated heterocycles. The van der Waals surface area contributed by atoms with Crippen LogP contribution < -0.4 is 9.80 Å². The van der Waals surface area contributed by atoms with Gasteiger partial charge >= 0.3 is 0 Å². The monoisotopic (exact) mass is 848 g/mol. The molecule has 0 heterocycles. The molecule has 318 valence electrons. The average Bonchev–Trinajstić information content (AvgIpc) is 3.36. The Morgan fingerprint density at radius 2 is 0.530 bits per heavy atom. The first-order valence-corrected chi connectivity index (χ1v) is 22.8. The van der Waals surface area contributed by atoms with Gasteiger partial charge in [-0.05, 0) is 155 Å². The van der Waals surface area contributed by atoms with E-state index in [1.165, 1.54) is 77.9 Å². The molecule has 0 amide bonds. The molecule has 2 nitrogen and oxygen atoms in total. The van der Waals surface area contributed by atoms with E-state index < -0.39 is 0 Å². The van der Waals surface area contributed by atoms with E-state index in [1.54, 1.807) is 0 Å². The molecule has 0 aromatic heterocycles. The predicted octanol–water partition coefficient (Wildman–Crippen LogP) is 18.2. The molecule has 0 aliphatic rings. The van der Waals surface area contributed by atoms with Crippen molar-refractivity contribution in [3.63, 3.8) is 0 Å². The smallest absolute Gasteiger partial charge is 0.0540 e. The number of nitrogens with zero attached hydrogens (tertiary/aromatic N) is 2. The van der Waals surface area contributed by atoms with E-state index in [2.05, 4.69) is 280 Å². The topological polar surface area (TPSA) is 6.48 Å². The Bertz CT molecular complexity index is 3060. The van der Waals surface area contributed by atoms with Crippen LogP contribution in [0.15, 0.2) is 243 Å². The molecule has 10 aromatic rings. The second kappa shape index (κ2) is 18.5. The van der Waals surface area contributed by atoms with Crippen molar-refractivity contribution >= 4 is 34.1 Å². The minimum absolute atomic E-state index is 1.12. The Hall–Kier alpha value is -8.20. The molecular weight excluding hydrogens is 797 g/mol. The summed E-state index contributed by atoms with van der Waals surface area (Å²) in [5, 5.41) is 0. The van der Waals surface area contributed by atoms with Crippen LogP contribution in [0.25, 0.3) is 55.6 Å². The highest BCUT2D eigenvalue weighted by molar-refractivity contribution is 5.92. The Kier molecular flexibility index (Phi) is 11.7. The van der Waals surface area contributed by atoms with E-state index in [-0.39, 0.29) is 0 Å². The van der Waals surface area contributed by atoms with Crippen molar-refractivity contribution < 1.29 is 0 Å². The standard InChI is InChI=1S/C64H52N2/c1-45-43-55(35-37-57(45)49-21-9-5-10-22-49)65(63-31-19-17-29-59(63)51-25-13-7-14-26-51)61-39-33-53(41-47(61)3)54-34-40-62(48(4)42-54)66(64-32-20-18-30-60(64)52-27-15-8-16-28-52)56-36-38-58(46(2)44-56)50-23-11-6-12-24-50/h5-44H,1-4H3. The lowest BCUT2D eigenvalue weighted by Gasteiger charge is -2.30. The fraction of sp³-hybridized carbons (Fsp3) is 0.0625. The third kappa shape index (κ3) is 8.33. The normalized spacial score (nSPS) is 11.0. The summed E-state index contributed by atoms with van der Waals surface area (Å²) in [6.45, 7) is 8.93. The van der Waals surface area contributed by atoms with Crippen molar-refractivity contribution in [2.45, 2.75) is 27.7 Å². The molecule has 0 radical (unpaired) electrons. The average molecular weight is 849 g/mol. The van der Waals surface area contributed by atoms with E-state index in [1.807, 2.05) is 0 Å². The molecular formula is C64H52N2. The fourth-order valence-corrected chi connectivity index (χ4v) is 9.51. The number of rotatable bonds is 11. The fourth-order valence-electron chi connectivity index (χ4n) is 9.51. The second-order valence-corrected chi connectivity index (χ2v) is 17.2. The molecule has 0 spiro atoms. The predicted molar refractivity (Wildman–Crippen MR) is 282 cm³/mol. The number of aryl methyl sites for hydroxylation is 4. The maximum Gasteiger partial charge on any atom is 0.0540 e. The van der Waals surface area contributed by atoms with Gasteiger partial charge < -0.3 is 9.80 Å². The Balaban J connectivity index is 1.06. The van der Waals surface area contributed by atoms with Crippen LogP contribution in [0, 0.1) is 27.7 Å². The molecule has 0 bridgehead atoms. The Morgan fingerprint density at radius 3 is 0.864 bits per heavy atom. The van der Waals surface area contributed by atoms with Crippen LogP contribution in [0.3, 0.4) is 0 Å². The van der Waals surface area contributed by atoms with Gasteiger partial charge in [0.15, 0.2) is 0 Å². The molecule has 10 rings (SSSR count). The molecule has 0 aliphatic heterocycles. The molecule has 0 unspecified atom stereocenters. The van der Waals surface area contributed by atoms with Crippen LogP contribution in [0.4, 0.5) is 34.1 Å². The van der Waals surface area contributed by atoms with Crippen molar-refractivity contribution in [2.75, 3.05) is 9.80 Å². The number of para-hydroxylation sites is 2. The van der Waals surface area contributed by atoms with Gasteiger partial charge in [0.2, 0.25) is 0 Å². The second-order valence-electron chi connectivity index (χ2n) is 17.2. The summed E-state index contributed by atoms with van der Waals surface area (Å²) in [7, 11) is 0. The summed E-state index contributed by atoms with van der Waals surface area (Å²) in [4.78, 5) is 4.87. The lowest BCUT2D eigenvalue weighted by molar-refractivity contribution is 1.24. The van der Waals surface area contributed by atoms with E-state index in [9.17, 15) is 0 Å². The van der Waals surface area contributed by atoms with Gasteiger partial charge in [-0.2, -0.15) is 0 Å². The molecule has 2 heteroatoms. The summed E-state index contributed by atoms with van der Waals surface area (Å²) < 4.78 is 0. The van der Waals surface area contributed by atoms with Gasteiger partial charge in [-0.1, -0.05) is 182 Å². The SMILES string of the molecule is Cc1cc(N(c2ccc(-c3ccc(N(c4ccc(-c5ccccc5)c(C)c4)c4ccccc4-c4ccccc4)c(C)c3)cc2C)c2ccccc2-c2ccccc2)ccc1-c1ccccc1. The van der Waals surface area contributed by atoms with Gasteiger partial charge in [-0.25, -0.2) is 0 Å². The van der Waals surface area contributed by atoms with Crippen LogP contribution in [0.5, 0.6) is 0 Å². The molecule has 0 fully saturated rings. The zero-order valence-corrected chi connectivity index (χ0v) is 38.0. The lowest BCUT2D eigenvalue weighted by Crippen LogP contribution is -2.13. The van der Waals surface area contributed by atoms with Crippen molar-refractivity contribution in [1.82, 2.24) is 0 Å². The van der Waals surface area contributed by atoms with Gasteiger partial charge in [0.1, 0.15) is 0 Å². The van der Waals surface area contributed by atoms with Crippen LogP contribution in [0.1, 0.15) is 22.3 Å². The largest absolute Gasteiger partial charge is 0.310 e. The van der Waals surface area contributed by atoms with Crippen molar-refractivity contribution in [3.8, 4) is 55.6 Å². The number of benzene rings is 10. The van der Waals surface area contributed by atoms with Crippen LogP contribution in [-0.2, 0) is 0 Å². The first kappa shape index (κ1) is 41.8. The Labute approximate surface area is 390 Å². The third-order valence-corrected chi connectivity index (χ3v) is 12.8. The highest BCUT2D eigenvalue weighted by atomic mass is 15.2. The zero-order chi connectivity index (χ0) is 45.0. The number of hydrogen-bond acceptors (Lipinski definition) is 2. The van der Waals surface area contributed by atoms with Crippen molar-refractivity contribution in [3.05, 3.63) is 265 Å². The maximum atomic E-state index is 2.44. The first-order valence-electron chi connectivity index (χ1n) is 22.8. The summed E-state index contributed by atoms with van der Waals surface area (Å²) in [6.07, 6.45) is 0. The molecule has 0 saturated carbocycles. The number of anilines is 6. The van der Waals surface area contributed by atoms with Crippen LogP contribution in [0.2, 0.25) is 0 Å². The molecule has 0 atom stereocenters. The highest BCUT2D eigenvalue weighted by Crippen LogP contribution is 2.46. The van der Waals surface area contributed by atoms with Gasteiger partial charge in [0.25, 0.3) is 0 Å². The highest BCUT2D eigenvalue weighted by Gasteiger charge is 2.22. The molecule has 0 N–H and O–H groups in total. The zero-order valence-electron chi connectivity index (χ0n) is 38.0. The molecule has 66 heavy (non-hydrogen) atoms. The van der Waals surface area contributed by atoms with E-state index >= 15 is 0 Å². The lowest BCUT2D eigenvalue weighted by atomic mass is 9.96. The third-order valence-electron chi connectivity index (χ3n) is 12.8. The first-order chi connectivity index (χ1) is 32.4. The summed E-state index contributed by atoms with van der Waals surface area (Å²) in [5.41, 5.74) is 23.6. The van der Waals surface area contributed by atoms with Crippen LogP contribution in [-0.4, -0.2) is 0 Å². The van der Waals surface area contributed by atoms with E-state index in [0.717, 1.165) is 34.1 Å². The van der Waals surface area contributed by atoms with Gasteiger partial charge in [0, 0.05) is 33.9 Å². The quantitative estimate of drug-likeness (QED) is 0.128.